The topological polar surface area (TPSA) is 62.3 Å². The average Bonchev–Trinajstić information content (AvgIpc) is 2.63. The Morgan fingerprint density at radius 2 is 1.74 bits per heavy atom. The smallest absolute Gasteiger partial charge is 0.338 e. The summed E-state index contributed by atoms with van der Waals surface area (Å²) in [6, 6.07) is 7.24. The van der Waals surface area contributed by atoms with E-state index in [1.807, 2.05) is 0 Å². The number of amides is 2. The minimum atomic E-state index is -4.69. The Hall–Kier alpha value is -2.61. The van der Waals surface area contributed by atoms with Crippen molar-refractivity contribution in [3.05, 3.63) is 58.4 Å². The van der Waals surface area contributed by atoms with Gasteiger partial charge in [0.1, 0.15) is 11.4 Å². The molecule has 0 aliphatic heterocycles. The lowest BCUT2D eigenvalue weighted by atomic mass is 10.1. The lowest BCUT2D eigenvalue weighted by Crippen LogP contribution is -2.31. The summed E-state index contributed by atoms with van der Waals surface area (Å²) < 4.78 is 39.4. The maximum absolute atomic E-state index is 13.1. The van der Waals surface area contributed by atoms with Crippen LogP contribution in [0, 0.1) is 0 Å². The summed E-state index contributed by atoms with van der Waals surface area (Å²) in [6.45, 7) is 4.54. The summed E-state index contributed by atoms with van der Waals surface area (Å²) in [5, 5.41) is 2.07. The van der Waals surface area contributed by atoms with Crippen LogP contribution in [0.25, 0.3) is 0 Å². The molecule has 1 N–H and O–H groups in total. The zero-order chi connectivity index (χ0) is 20.2. The summed E-state index contributed by atoms with van der Waals surface area (Å²) in [7, 11) is 0. The van der Waals surface area contributed by atoms with Gasteiger partial charge in [-0.3, -0.25) is 9.59 Å². The van der Waals surface area contributed by atoms with Crippen molar-refractivity contribution in [2.45, 2.75) is 20.0 Å². The van der Waals surface area contributed by atoms with Crippen LogP contribution >= 0.6 is 11.6 Å². The third kappa shape index (κ3) is 4.97. The Morgan fingerprint density at radius 1 is 1.11 bits per heavy atom. The van der Waals surface area contributed by atoms with Gasteiger partial charge in [-0.25, -0.2) is 4.98 Å². The van der Waals surface area contributed by atoms with E-state index in [0.717, 1.165) is 12.1 Å². The van der Waals surface area contributed by atoms with Crippen LogP contribution in [0.3, 0.4) is 0 Å². The summed E-state index contributed by atoms with van der Waals surface area (Å²) >= 11 is 5.62. The molecule has 0 spiro atoms. The molecular weight excluding hydrogens is 383 g/mol. The van der Waals surface area contributed by atoms with Crippen LogP contribution in [0.5, 0.6) is 0 Å². The number of carbonyl (C=O) groups excluding carboxylic acids is 2. The molecule has 1 aromatic carbocycles. The van der Waals surface area contributed by atoms with Gasteiger partial charge in [-0.1, -0.05) is 17.7 Å². The number of rotatable bonds is 5. The van der Waals surface area contributed by atoms with Crippen molar-refractivity contribution < 1.29 is 22.8 Å². The predicted octanol–water partition coefficient (Wildman–Crippen LogP) is 4.49. The van der Waals surface area contributed by atoms with Crippen molar-refractivity contribution >= 4 is 29.1 Å². The molecular formula is C18H17ClF3N3O2. The Morgan fingerprint density at radius 3 is 2.33 bits per heavy atom. The highest BCUT2D eigenvalue weighted by Gasteiger charge is 2.34. The van der Waals surface area contributed by atoms with E-state index in [2.05, 4.69) is 10.3 Å². The van der Waals surface area contributed by atoms with Gasteiger partial charge in [0.05, 0.1) is 11.3 Å². The van der Waals surface area contributed by atoms with Crippen LogP contribution in [0.15, 0.2) is 36.4 Å². The van der Waals surface area contributed by atoms with Gasteiger partial charge in [0.15, 0.2) is 0 Å². The first-order valence-electron chi connectivity index (χ1n) is 8.11. The van der Waals surface area contributed by atoms with Crippen molar-refractivity contribution in [1.29, 1.82) is 0 Å². The van der Waals surface area contributed by atoms with Crippen molar-refractivity contribution in [3.8, 4) is 0 Å². The number of pyridine rings is 1. The zero-order valence-corrected chi connectivity index (χ0v) is 15.4. The van der Waals surface area contributed by atoms with E-state index in [9.17, 15) is 22.8 Å². The van der Waals surface area contributed by atoms with Crippen LogP contribution in [0.4, 0.5) is 18.9 Å². The Labute approximate surface area is 159 Å². The zero-order valence-electron chi connectivity index (χ0n) is 14.6. The van der Waals surface area contributed by atoms with Crippen molar-refractivity contribution in [1.82, 2.24) is 9.88 Å². The fraction of sp³-hybridized carbons (Fsp3) is 0.278. The minimum absolute atomic E-state index is 0.0403. The molecule has 0 radical (unpaired) electrons. The highest BCUT2D eigenvalue weighted by Crippen LogP contribution is 2.36. The summed E-state index contributed by atoms with van der Waals surface area (Å²) in [6.07, 6.45) is -4.69. The van der Waals surface area contributed by atoms with E-state index in [4.69, 9.17) is 11.6 Å². The third-order valence-electron chi connectivity index (χ3n) is 3.79. The van der Waals surface area contributed by atoms with Gasteiger partial charge in [-0.05, 0) is 44.2 Å². The number of nitrogens with zero attached hydrogens (tertiary/aromatic N) is 2. The molecule has 9 heteroatoms. The number of carbonyl (C=O) groups is 2. The lowest BCUT2D eigenvalue weighted by molar-refractivity contribution is -0.136. The molecule has 0 aliphatic carbocycles. The Bertz CT molecular complexity index is 852. The SMILES string of the molecule is CCN(CC)C(=O)c1cccc(C(=O)Nc2ccc(Cl)cc2C(F)(F)F)n1. The predicted molar refractivity (Wildman–Crippen MR) is 95.9 cm³/mol. The monoisotopic (exact) mass is 399 g/mol. The van der Waals surface area contributed by atoms with Gasteiger partial charge in [0.2, 0.25) is 0 Å². The van der Waals surface area contributed by atoms with Crippen LogP contribution in [-0.2, 0) is 6.18 Å². The first-order valence-corrected chi connectivity index (χ1v) is 8.49. The molecule has 5 nitrogen and oxygen atoms in total. The minimum Gasteiger partial charge on any atom is -0.338 e. The van der Waals surface area contributed by atoms with Gasteiger partial charge < -0.3 is 10.2 Å². The average molecular weight is 400 g/mol. The van der Waals surface area contributed by atoms with E-state index >= 15 is 0 Å². The van der Waals surface area contributed by atoms with E-state index in [-0.39, 0.29) is 22.3 Å². The maximum atomic E-state index is 13.1. The number of alkyl halides is 3. The van der Waals surface area contributed by atoms with Gasteiger partial charge in [-0.2, -0.15) is 13.2 Å². The third-order valence-corrected chi connectivity index (χ3v) is 4.02. The molecule has 1 heterocycles. The molecule has 144 valence electrons. The number of hydrogen-bond donors (Lipinski definition) is 1. The Balaban J connectivity index is 2.30. The molecule has 2 amide bonds. The molecule has 0 atom stereocenters. The van der Waals surface area contributed by atoms with E-state index < -0.39 is 23.3 Å². The Kier molecular flexibility index (Phi) is 6.43. The largest absolute Gasteiger partial charge is 0.418 e. The molecule has 27 heavy (non-hydrogen) atoms. The fourth-order valence-corrected chi connectivity index (χ4v) is 2.57. The normalized spacial score (nSPS) is 11.2. The number of anilines is 1. The molecule has 0 aliphatic rings. The lowest BCUT2D eigenvalue weighted by Gasteiger charge is -2.18. The molecule has 0 saturated carbocycles. The molecule has 1 aromatic heterocycles. The van der Waals surface area contributed by atoms with E-state index in [0.29, 0.717) is 13.1 Å². The second-order valence-corrected chi connectivity index (χ2v) is 5.96. The van der Waals surface area contributed by atoms with Gasteiger partial charge in [0.25, 0.3) is 11.8 Å². The van der Waals surface area contributed by atoms with Crippen molar-refractivity contribution in [3.63, 3.8) is 0 Å². The first-order chi connectivity index (χ1) is 12.7. The quantitative estimate of drug-likeness (QED) is 0.805. The summed E-state index contributed by atoms with van der Waals surface area (Å²) in [5.41, 5.74) is -1.65. The number of nitrogens with one attached hydrogen (secondary N) is 1. The number of aromatic nitrogens is 1. The van der Waals surface area contributed by atoms with Gasteiger partial charge >= 0.3 is 6.18 Å². The highest BCUT2D eigenvalue weighted by molar-refractivity contribution is 6.30. The molecule has 0 fully saturated rings. The van der Waals surface area contributed by atoms with Crippen molar-refractivity contribution in [2.75, 3.05) is 18.4 Å². The number of halogens is 4. The second kappa shape index (κ2) is 8.39. The molecule has 2 aromatic rings. The number of hydrogen-bond acceptors (Lipinski definition) is 3. The van der Waals surface area contributed by atoms with Gasteiger partial charge in [0, 0.05) is 18.1 Å². The second-order valence-electron chi connectivity index (χ2n) is 5.53. The molecule has 0 unspecified atom stereocenters. The van der Waals surface area contributed by atoms with Crippen LogP contribution in [0.1, 0.15) is 40.4 Å². The maximum Gasteiger partial charge on any atom is 0.418 e. The first kappa shape index (κ1) is 20.7. The number of benzene rings is 1. The summed E-state index contributed by atoms with van der Waals surface area (Å²) in [4.78, 5) is 30.2. The fourth-order valence-electron chi connectivity index (χ4n) is 2.40. The molecule has 0 bridgehead atoms. The van der Waals surface area contributed by atoms with Crippen LogP contribution in [-0.4, -0.2) is 34.8 Å². The summed E-state index contributed by atoms with van der Waals surface area (Å²) in [5.74, 6) is -1.23. The van der Waals surface area contributed by atoms with Crippen LogP contribution < -0.4 is 5.32 Å². The van der Waals surface area contributed by atoms with Gasteiger partial charge in [-0.15, -0.1) is 0 Å². The standard InChI is InChI=1S/C18H17ClF3N3O2/c1-3-25(4-2)17(27)15-7-5-6-14(23-15)16(26)24-13-9-8-11(19)10-12(13)18(20,21)22/h5-10H,3-4H2,1-2H3,(H,24,26). The van der Waals surface area contributed by atoms with E-state index in [1.54, 1.807) is 13.8 Å². The molecule has 2 rings (SSSR count). The highest BCUT2D eigenvalue weighted by atomic mass is 35.5. The van der Waals surface area contributed by atoms with Crippen molar-refractivity contribution in [2.24, 2.45) is 0 Å². The molecule has 0 saturated heterocycles. The van der Waals surface area contributed by atoms with Crippen LogP contribution in [0.2, 0.25) is 5.02 Å². The van der Waals surface area contributed by atoms with E-state index in [1.165, 1.54) is 29.2 Å².